The Morgan fingerprint density at radius 2 is 1.81 bits per heavy atom. The molecule has 2 aromatic rings. The van der Waals surface area contributed by atoms with Gasteiger partial charge in [-0.15, -0.1) is 0 Å². The molecular formula is C23H22N2O5S2. The number of carbonyl (C=O) groups is 3. The fourth-order valence-electron chi connectivity index (χ4n) is 2.89. The smallest absolute Gasteiger partial charge is 0.338 e. The summed E-state index contributed by atoms with van der Waals surface area (Å²) in [5.41, 5.74) is 1.81. The highest BCUT2D eigenvalue weighted by Crippen LogP contribution is 2.32. The number of amides is 2. The lowest BCUT2D eigenvalue weighted by Crippen LogP contribution is -2.31. The Labute approximate surface area is 195 Å². The molecule has 2 aromatic carbocycles. The van der Waals surface area contributed by atoms with Crippen LogP contribution in [0.4, 0.5) is 5.69 Å². The molecular weight excluding hydrogens is 448 g/mol. The van der Waals surface area contributed by atoms with Gasteiger partial charge in [-0.05, 0) is 55.0 Å². The van der Waals surface area contributed by atoms with Crippen LogP contribution in [0, 0.1) is 0 Å². The van der Waals surface area contributed by atoms with Crippen molar-refractivity contribution in [2.45, 2.75) is 13.3 Å². The minimum absolute atomic E-state index is 0.0852. The van der Waals surface area contributed by atoms with Crippen molar-refractivity contribution in [3.63, 3.8) is 0 Å². The van der Waals surface area contributed by atoms with Crippen molar-refractivity contribution in [3.8, 4) is 5.75 Å². The Bertz CT molecular complexity index is 1050. The normalized spacial score (nSPS) is 14.6. The summed E-state index contributed by atoms with van der Waals surface area (Å²) < 4.78 is 10.5. The fraction of sp³-hybridized carbons (Fsp3) is 0.217. The van der Waals surface area contributed by atoms with Gasteiger partial charge >= 0.3 is 5.97 Å². The highest BCUT2D eigenvalue weighted by atomic mass is 32.2. The van der Waals surface area contributed by atoms with E-state index in [2.05, 4.69) is 5.32 Å². The minimum Gasteiger partial charge on any atom is -0.497 e. The van der Waals surface area contributed by atoms with E-state index in [0.717, 1.165) is 11.3 Å². The monoisotopic (exact) mass is 470 g/mol. The van der Waals surface area contributed by atoms with Gasteiger partial charge < -0.3 is 14.8 Å². The first-order chi connectivity index (χ1) is 15.4. The zero-order chi connectivity index (χ0) is 23.1. The van der Waals surface area contributed by atoms with Gasteiger partial charge in [0.05, 0.1) is 24.2 Å². The third kappa shape index (κ3) is 5.95. The van der Waals surface area contributed by atoms with Crippen LogP contribution in [0.1, 0.15) is 29.3 Å². The van der Waals surface area contributed by atoms with Gasteiger partial charge in [0.15, 0.2) is 0 Å². The van der Waals surface area contributed by atoms with E-state index >= 15 is 0 Å². The SMILES string of the molecule is CCOC(=O)c1ccc(NC(=O)CCN2C(=O)/C(=C\c3ccc(OC)cc3)SC2=S)cc1. The van der Waals surface area contributed by atoms with E-state index in [1.807, 2.05) is 24.3 Å². The number of esters is 1. The summed E-state index contributed by atoms with van der Waals surface area (Å²) >= 11 is 6.54. The number of thioether (sulfide) groups is 1. The number of carbonyl (C=O) groups excluding carboxylic acids is 3. The number of hydrogen-bond donors (Lipinski definition) is 1. The van der Waals surface area contributed by atoms with E-state index < -0.39 is 5.97 Å². The number of methoxy groups -OCH3 is 1. The van der Waals surface area contributed by atoms with Crippen molar-refractivity contribution >= 4 is 57.8 Å². The largest absolute Gasteiger partial charge is 0.497 e. The zero-order valence-corrected chi connectivity index (χ0v) is 19.3. The van der Waals surface area contributed by atoms with Gasteiger partial charge in [0.1, 0.15) is 10.1 Å². The van der Waals surface area contributed by atoms with E-state index in [9.17, 15) is 14.4 Å². The molecule has 1 aliphatic rings. The van der Waals surface area contributed by atoms with Crippen LogP contribution in [0.15, 0.2) is 53.4 Å². The van der Waals surface area contributed by atoms with Crippen LogP contribution in [0.25, 0.3) is 6.08 Å². The molecule has 3 rings (SSSR count). The van der Waals surface area contributed by atoms with Crippen molar-refractivity contribution in [2.24, 2.45) is 0 Å². The molecule has 2 amide bonds. The first-order valence-corrected chi connectivity index (χ1v) is 11.1. The van der Waals surface area contributed by atoms with Gasteiger partial charge in [0.25, 0.3) is 5.91 Å². The molecule has 32 heavy (non-hydrogen) atoms. The summed E-state index contributed by atoms with van der Waals surface area (Å²) in [6, 6.07) is 13.8. The van der Waals surface area contributed by atoms with Gasteiger partial charge in [0.2, 0.25) is 5.91 Å². The summed E-state index contributed by atoms with van der Waals surface area (Å²) in [5, 5.41) is 2.75. The molecule has 0 aliphatic carbocycles. The molecule has 1 N–H and O–H groups in total. The number of thiocarbonyl (C=S) groups is 1. The fourth-order valence-corrected chi connectivity index (χ4v) is 4.19. The van der Waals surface area contributed by atoms with Crippen molar-refractivity contribution in [1.82, 2.24) is 4.90 Å². The number of hydrogen-bond acceptors (Lipinski definition) is 7. The predicted octanol–water partition coefficient (Wildman–Crippen LogP) is 4.10. The molecule has 0 saturated carbocycles. The van der Waals surface area contributed by atoms with Crippen LogP contribution >= 0.6 is 24.0 Å². The number of anilines is 1. The Morgan fingerprint density at radius 3 is 2.44 bits per heavy atom. The molecule has 0 unspecified atom stereocenters. The zero-order valence-electron chi connectivity index (χ0n) is 17.6. The van der Waals surface area contributed by atoms with Crippen molar-refractivity contribution in [1.29, 1.82) is 0 Å². The van der Waals surface area contributed by atoms with E-state index in [4.69, 9.17) is 21.7 Å². The summed E-state index contributed by atoms with van der Waals surface area (Å²) in [5.74, 6) is -0.164. The van der Waals surface area contributed by atoms with Crippen LogP contribution < -0.4 is 10.1 Å². The lowest BCUT2D eigenvalue weighted by molar-refractivity contribution is -0.122. The Morgan fingerprint density at radius 1 is 1.12 bits per heavy atom. The second-order valence-electron chi connectivity index (χ2n) is 6.70. The molecule has 0 radical (unpaired) electrons. The second kappa shape index (κ2) is 10.9. The van der Waals surface area contributed by atoms with Gasteiger partial charge in [-0.3, -0.25) is 14.5 Å². The third-order valence-corrected chi connectivity index (χ3v) is 5.91. The molecule has 9 heteroatoms. The van der Waals surface area contributed by atoms with E-state index in [-0.39, 0.29) is 24.8 Å². The van der Waals surface area contributed by atoms with Crippen LogP contribution in [-0.4, -0.2) is 47.3 Å². The van der Waals surface area contributed by atoms with Gasteiger partial charge in [-0.2, -0.15) is 0 Å². The van der Waals surface area contributed by atoms with Gasteiger partial charge in [-0.25, -0.2) is 4.79 Å². The van der Waals surface area contributed by atoms with Crippen LogP contribution in [0.3, 0.4) is 0 Å². The standard InChI is InChI=1S/C23H22N2O5S2/c1-3-30-22(28)16-6-8-17(9-7-16)24-20(26)12-13-25-21(27)19(32-23(25)31)14-15-4-10-18(29-2)11-5-15/h4-11,14H,3,12-13H2,1-2H3,(H,24,26)/b19-14+. The first-order valence-electron chi connectivity index (χ1n) is 9.87. The molecule has 166 valence electrons. The summed E-state index contributed by atoms with van der Waals surface area (Å²) in [6.45, 7) is 2.21. The highest BCUT2D eigenvalue weighted by molar-refractivity contribution is 8.26. The van der Waals surface area contributed by atoms with Crippen molar-refractivity contribution < 1.29 is 23.9 Å². The summed E-state index contributed by atoms with van der Waals surface area (Å²) in [4.78, 5) is 38.7. The van der Waals surface area contributed by atoms with Crippen molar-refractivity contribution in [2.75, 3.05) is 25.6 Å². The lowest BCUT2D eigenvalue weighted by atomic mass is 10.2. The molecule has 1 aliphatic heterocycles. The summed E-state index contributed by atoms with van der Waals surface area (Å²) in [7, 11) is 1.59. The average Bonchev–Trinajstić information content (AvgIpc) is 3.05. The van der Waals surface area contributed by atoms with Crippen LogP contribution in [0.5, 0.6) is 5.75 Å². The average molecular weight is 471 g/mol. The van der Waals surface area contributed by atoms with Crippen molar-refractivity contribution in [3.05, 3.63) is 64.6 Å². The Balaban J connectivity index is 1.55. The second-order valence-corrected chi connectivity index (χ2v) is 8.38. The van der Waals surface area contributed by atoms with E-state index in [0.29, 0.717) is 27.1 Å². The maximum atomic E-state index is 12.7. The van der Waals surface area contributed by atoms with Crippen LogP contribution in [0.2, 0.25) is 0 Å². The minimum atomic E-state index is -0.414. The van der Waals surface area contributed by atoms with Gasteiger partial charge in [-0.1, -0.05) is 36.1 Å². The highest BCUT2D eigenvalue weighted by Gasteiger charge is 2.32. The lowest BCUT2D eigenvalue weighted by Gasteiger charge is -2.14. The summed E-state index contributed by atoms with van der Waals surface area (Å²) in [6.07, 6.45) is 1.85. The molecule has 7 nitrogen and oxygen atoms in total. The molecule has 1 saturated heterocycles. The Kier molecular flexibility index (Phi) is 8.02. The van der Waals surface area contributed by atoms with E-state index in [1.54, 1.807) is 44.4 Å². The van der Waals surface area contributed by atoms with Crippen LogP contribution in [-0.2, 0) is 14.3 Å². The third-order valence-electron chi connectivity index (χ3n) is 4.53. The maximum Gasteiger partial charge on any atom is 0.338 e. The van der Waals surface area contributed by atoms with Gasteiger partial charge in [0, 0.05) is 18.7 Å². The molecule has 0 aromatic heterocycles. The number of benzene rings is 2. The number of nitrogens with one attached hydrogen (secondary N) is 1. The molecule has 0 bridgehead atoms. The molecule has 0 spiro atoms. The first kappa shape index (κ1) is 23.5. The maximum absolute atomic E-state index is 12.7. The number of nitrogens with zero attached hydrogens (tertiary/aromatic N) is 1. The Hall–Kier alpha value is -3.17. The molecule has 0 atom stereocenters. The number of rotatable bonds is 8. The quantitative estimate of drug-likeness (QED) is 0.353. The molecule has 1 fully saturated rings. The number of ether oxygens (including phenoxy) is 2. The predicted molar refractivity (Wildman–Crippen MR) is 129 cm³/mol. The topological polar surface area (TPSA) is 84.9 Å². The van der Waals surface area contributed by atoms with E-state index in [1.165, 1.54) is 16.7 Å². The molecule has 1 heterocycles.